The van der Waals surface area contributed by atoms with E-state index < -0.39 is 0 Å². The zero-order valence-electron chi connectivity index (χ0n) is 13.1. The topological polar surface area (TPSA) is 43.1 Å². The minimum Gasteiger partial charge on any atom is -0.390 e. The van der Waals surface area contributed by atoms with Crippen molar-refractivity contribution in [1.82, 2.24) is 0 Å². The Kier molecular flexibility index (Phi) is 3.13. The first-order valence-electron chi connectivity index (χ1n) is 7.67. The predicted molar refractivity (Wildman–Crippen MR) is 96.3 cm³/mol. The maximum absolute atomic E-state index is 12.9. The summed E-state index contributed by atoms with van der Waals surface area (Å²) < 4.78 is 0. The Balaban J connectivity index is 1.78. The molecule has 0 fully saturated rings. The third kappa shape index (κ3) is 2.12. The highest BCUT2D eigenvalue weighted by Gasteiger charge is 2.22. The number of rotatable bonds is 2. The van der Waals surface area contributed by atoms with Crippen molar-refractivity contribution in [1.29, 1.82) is 0 Å². The summed E-state index contributed by atoms with van der Waals surface area (Å²) in [4.78, 5) is 14.0. The van der Waals surface area contributed by atoms with Crippen LogP contribution < -0.4 is 5.73 Å². The van der Waals surface area contributed by atoms with Crippen molar-refractivity contribution in [2.24, 2.45) is 0 Å². The van der Waals surface area contributed by atoms with E-state index in [-0.39, 0.29) is 5.78 Å². The van der Waals surface area contributed by atoms with Crippen molar-refractivity contribution in [2.45, 2.75) is 20.3 Å². The zero-order chi connectivity index (χ0) is 16.1. The van der Waals surface area contributed by atoms with Crippen LogP contribution in [0.3, 0.4) is 0 Å². The summed E-state index contributed by atoms with van der Waals surface area (Å²) >= 11 is 1.49. The number of fused-ring (bicyclic) bond motifs is 3. The molecule has 1 aliphatic rings. The second-order valence-electron chi connectivity index (χ2n) is 6.06. The van der Waals surface area contributed by atoms with Crippen LogP contribution in [0.25, 0.3) is 11.1 Å². The van der Waals surface area contributed by atoms with E-state index in [4.69, 9.17) is 5.73 Å². The third-order valence-corrected chi connectivity index (χ3v) is 5.73. The number of hydrogen-bond acceptors (Lipinski definition) is 3. The van der Waals surface area contributed by atoms with Gasteiger partial charge in [-0.2, -0.15) is 0 Å². The van der Waals surface area contributed by atoms with E-state index in [2.05, 4.69) is 30.3 Å². The van der Waals surface area contributed by atoms with Crippen molar-refractivity contribution in [3.05, 3.63) is 75.2 Å². The zero-order valence-corrected chi connectivity index (χ0v) is 14.0. The molecule has 0 saturated carbocycles. The smallest absolute Gasteiger partial charge is 0.196 e. The van der Waals surface area contributed by atoms with Gasteiger partial charge < -0.3 is 5.73 Å². The van der Waals surface area contributed by atoms with Crippen molar-refractivity contribution in [3.8, 4) is 11.1 Å². The van der Waals surface area contributed by atoms with Crippen LogP contribution in [-0.4, -0.2) is 5.78 Å². The van der Waals surface area contributed by atoms with Crippen molar-refractivity contribution in [2.75, 3.05) is 5.73 Å². The fraction of sp³-hybridized carbons (Fsp3) is 0.150. The van der Waals surface area contributed by atoms with Gasteiger partial charge in [-0.3, -0.25) is 4.79 Å². The number of benzene rings is 2. The van der Waals surface area contributed by atoms with Crippen LogP contribution in [0.4, 0.5) is 5.00 Å². The first-order chi connectivity index (χ1) is 11.1. The highest BCUT2D eigenvalue weighted by atomic mass is 32.1. The SMILES string of the molecule is Cc1sc(N)c(C(=O)c2ccc3c(c2)Cc2ccccc2-3)c1C. The number of anilines is 1. The molecule has 4 rings (SSSR count). The fourth-order valence-electron chi connectivity index (χ4n) is 3.37. The van der Waals surface area contributed by atoms with Gasteiger partial charge in [0.15, 0.2) is 5.78 Å². The molecule has 114 valence electrons. The molecule has 2 nitrogen and oxygen atoms in total. The Morgan fingerprint density at radius 1 is 1.04 bits per heavy atom. The Labute approximate surface area is 139 Å². The van der Waals surface area contributed by atoms with E-state index in [1.807, 2.05) is 26.0 Å². The summed E-state index contributed by atoms with van der Waals surface area (Å²) in [5, 5.41) is 0.619. The minimum atomic E-state index is 0.0307. The molecule has 2 aromatic carbocycles. The third-order valence-electron chi connectivity index (χ3n) is 4.70. The molecule has 1 aromatic heterocycles. The maximum Gasteiger partial charge on any atom is 0.196 e. The lowest BCUT2D eigenvalue weighted by Gasteiger charge is -2.06. The highest BCUT2D eigenvalue weighted by molar-refractivity contribution is 7.16. The van der Waals surface area contributed by atoms with E-state index in [1.165, 1.54) is 33.6 Å². The lowest BCUT2D eigenvalue weighted by Crippen LogP contribution is -2.05. The van der Waals surface area contributed by atoms with Gasteiger partial charge in [-0.05, 0) is 54.2 Å². The van der Waals surface area contributed by atoms with Gasteiger partial charge in [0, 0.05) is 10.4 Å². The quantitative estimate of drug-likeness (QED) is 0.542. The van der Waals surface area contributed by atoms with E-state index >= 15 is 0 Å². The first-order valence-corrected chi connectivity index (χ1v) is 8.49. The summed E-state index contributed by atoms with van der Waals surface area (Å²) in [7, 11) is 0. The molecule has 0 saturated heterocycles. The van der Waals surface area contributed by atoms with Crippen LogP contribution in [-0.2, 0) is 6.42 Å². The molecule has 0 atom stereocenters. The van der Waals surface area contributed by atoms with Gasteiger partial charge >= 0.3 is 0 Å². The average Bonchev–Trinajstić information content (AvgIpc) is 3.03. The second kappa shape index (κ2) is 5.07. The molecule has 1 heterocycles. The molecular weight excluding hydrogens is 302 g/mol. The standard InChI is InChI=1S/C20H17NOS/c1-11-12(2)23-20(21)18(11)19(22)14-7-8-17-15(10-14)9-13-5-3-4-6-16(13)17/h3-8,10H,9,21H2,1-2H3. The normalized spacial score (nSPS) is 12.1. The van der Waals surface area contributed by atoms with Gasteiger partial charge in [0.25, 0.3) is 0 Å². The van der Waals surface area contributed by atoms with Gasteiger partial charge in [-0.25, -0.2) is 0 Å². The van der Waals surface area contributed by atoms with Crippen molar-refractivity contribution in [3.63, 3.8) is 0 Å². The van der Waals surface area contributed by atoms with Crippen LogP contribution in [0, 0.1) is 13.8 Å². The molecule has 0 bridgehead atoms. The number of nitrogen functional groups attached to an aromatic ring is 1. The van der Waals surface area contributed by atoms with Crippen LogP contribution >= 0.6 is 11.3 Å². The number of thiophene rings is 1. The predicted octanol–water partition coefficient (Wildman–Crippen LogP) is 4.75. The number of carbonyl (C=O) groups is 1. The molecule has 0 spiro atoms. The molecular formula is C20H17NOS. The molecule has 3 heteroatoms. The van der Waals surface area contributed by atoms with Crippen LogP contribution in [0.2, 0.25) is 0 Å². The van der Waals surface area contributed by atoms with E-state index in [0.717, 1.165) is 22.4 Å². The number of hydrogen-bond donors (Lipinski definition) is 1. The van der Waals surface area contributed by atoms with Gasteiger partial charge in [-0.1, -0.05) is 36.4 Å². The van der Waals surface area contributed by atoms with Crippen LogP contribution in [0.15, 0.2) is 42.5 Å². The van der Waals surface area contributed by atoms with Gasteiger partial charge in [0.2, 0.25) is 0 Å². The number of ketones is 1. The molecule has 0 amide bonds. The van der Waals surface area contributed by atoms with Crippen molar-refractivity contribution < 1.29 is 4.79 Å². The Hall–Kier alpha value is -2.39. The molecule has 0 unspecified atom stereocenters. The number of carbonyl (C=O) groups excluding carboxylic acids is 1. The molecule has 2 N–H and O–H groups in total. The second-order valence-corrected chi connectivity index (χ2v) is 7.31. The Morgan fingerprint density at radius 3 is 2.52 bits per heavy atom. The summed E-state index contributed by atoms with van der Waals surface area (Å²) in [5.41, 5.74) is 13.5. The molecule has 23 heavy (non-hydrogen) atoms. The molecule has 3 aromatic rings. The summed E-state index contributed by atoms with van der Waals surface area (Å²) in [6.07, 6.45) is 0.893. The van der Waals surface area contributed by atoms with E-state index in [0.29, 0.717) is 10.6 Å². The average molecular weight is 319 g/mol. The molecule has 0 aliphatic heterocycles. The van der Waals surface area contributed by atoms with E-state index in [9.17, 15) is 4.79 Å². The highest BCUT2D eigenvalue weighted by Crippen LogP contribution is 2.38. The lowest BCUT2D eigenvalue weighted by molar-refractivity contribution is 0.103. The summed E-state index contributed by atoms with van der Waals surface area (Å²) in [5.74, 6) is 0.0307. The van der Waals surface area contributed by atoms with Crippen molar-refractivity contribution >= 4 is 22.1 Å². The van der Waals surface area contributed by atoms with Gasteiger partial charge in [0.05, 0.1) is 10.6 Å². The summed E-state index contributed by atoms with van der Waals surface area (Å²) in [6.45, 7) is 3.98. The van der Waals surface area contributed by atoms with E-state index in [1.54, 1.807) is 0 Å². The molecule has 0 radical (unpaired) electrons. The largest absolute Gasteiger partial charge is 0.390 e. The Morgan fingerprint density at radius 2 is 1.78 bits per heavy atom. The van der Waals surface area contributed by atoms with Gasteiger partial charge in [0.1, 0.15) is 0 Å². The monoisotopic (exact) mass is 319 g/mol. The van der Waals surface area contributed by atoms with Crippen LogP contribution in [0.5, 0.6) is 0 Å². The maximum atomic E-state index is 12.9. The fourth-order valence-corrected chi connectivity index (χ4v) is 4.30. The number of aryl methyl sites for hydroxylation is 1. The minimum absolute atomic E-state index is 0.0307. The number of nitrogens with two attached hydrogens (primary N) is 1. The first kappa shape index (κ1) is 14.2. The Bertz CT molecular complexity index is 952. The summed E-state index contributed by atoms with van der Waals surface area (Å²) in [6, 6.07) is 14.5. The van der Waals surface area contributed by atoms with Crippen LogP contribution in [0.1, 0.15) is 37.5 Å². The lowest BCUT2D eigenvalue weighted by atomic mass is 9.97. The molecule has 1 aliphatic carbocycles. The van der Waals surface area contributed by atoms with Gasteiger partial charge in [-0.15, -0.1) is 11.3 Å².